The van der Waals surface area contributed by atoms with Gasteiger partial charge in [-0.3, -0.25) is 4.79 Å². The van der Waals surface area contributed by atoms with E-state index in [-0.39, 0.29) is 17.9 Å². The van der Waals surface area contributed by atoms with E-state index >= 15 is 0 Å². The molecule has 4 N–H and O–H groups in total. The van der Waals surface area contributed by atoms with Gasteiger partial charge in [-0.15, -0.1) is 0 Å². The summed E-state index contributed by atoms with van der Waals surface area (Å²) in [6, 6.07) is -0.328. The summed E-state index contributed by atoms with van der Waals surface area (Å²) in [7, 11) is 0. The predicted molar refractivity (Wildman–Crippen MR) is 114 cm³/mol. The van der Waals surface area contributed by atoms with Crippen LogP contribution in [-0.2, 0) is 9.53 Å². The van der Waals surface area contributed by atoms with Crippen molar-refractivity contribution in [3.63, 3.8) is 0 Å². The minimum absolute atomic E-state index is 0.0894. The number of rotatable bonds is 2. The Bertz CT molecular complexity index is 961. The van der Waals surface area contributed by atoms with E-state index in [4.69, 9.17) is 10.5 Å². The first-order valence-corrected chi connectivity index (χ1v) is 11.2. The Labute approximate surface area is 181 Å². The molecule has 168 valence electrons. The minimum Gasteiger partial charge on any atom is -0.388 e. The highest BCUT2D eigenvalue weighted by atomic mass is 16.5. The maximum absolute atomic E-state index is 12.9. The molecule has 0 bridgehead atoms. The first-order valence-electron chi connectivity index (χ1n) is 11.2. The number of hydrogen-bond acceptors (Lipinski definition) is 8. The van der Waals surface area contributed by atoms with Crippen LogP contribution in [0.15, 0.2) is 12.7 Å². The Balaban J connectivity index is 1.28. The Morgan fingerprint density at radius 3 is 2.84 bits per heavy atom. The summed E-state index contributed by atoms with van der Waals surface area (Å²) in [5.41, 5.74) is 5.62. The standard InChI is InChI=1S/C21H31N7O3/c1-20(30)11-21(4-7-27(8-5-21)19(29)14-3-2-6-23-9-14)31-10-15(20)28-13-26-16-17(22)24-12-25-18(16)28/h12-15,23,30H,2-11H2,1H3,(H2,22,24,25)/t14-,15-,20-/m1/s1. The predicted octanol–water partition coefficient (Wildman–Crippen LogP) is 0.482. The average molecular weight is 430 g/mol. The molecule has 2 aromatic heterocycles. The number of amides is 1. The quantitative estimate of drug-likeness (QED) is 0.628. The van der Waals surface area contributed by atoms with Crippen molar-refractivity contribution in [1.82, 2.24) is 29.7 Å². The zero-order valence-electron chi connectivity index (χ0n) is 18.0. The number of hydrogen-bond donors (Lipinski definition) is 3. The first kappa shape index (κ1) is 20.6. The van der Waals surface area contributed by atoms with Gasteiger partial charge in [0.05, 0.1) is 36.1 Å². The molecule has 5 rings (SSSR count). The molecule has 10 heteroatoms. The number of piperidine rings is 2. The van der Waals surface area contributed by atoms with Crippen molar-refractivity contribution in [1.29, 1.82) is 0 Å². The van der Waals surface area contributed by atoms with Crippen LogP contribution < -0.4 is 11.1 Å². The van der Waals surface area contributed by atoms with Crippen molar-refractivity contribution in [2.45, 2.75) is 56.3 Å². The maximum atomic E-state index is 12.9. The van der Waals surface area contributed by atoms with Gasteiger partial charge in [-0.2, -0.15) is 0 Å². The summed E-state index contributed by atoms with van der Waals surface area (Å²) in [5.74, 6) is 0.665. The lowest BCUT2D eigenvalue weighted by atomic mass is 9.75. The van der Waals surface area contributed by atoms with Crippen LogP contribution in [0.2, 0.25) is 0 Å². The van der Waals surface area contributed by atoms with Crippen LogP contribution in [0.5, 0.6) is 0 Å². The third-order valence-corrected chi connectivity index (χ3v) is 7.30. The number of ether oxygens (including phenoxy) is 1. The highest BCUT2D eigenvalue weighted by Crippen LogP contribution is 2.44. The van der Waals surface area contributed by atoms with Gasteiger partial charge >= 0.3 is 0 Å². The van der Waals surface area contributed by atoms with E-state index in [9.17, 15) is 9.90 Å². The number of fused-ring (bicyclic) bond motifs is 1. The Morgan fingerprint density at radius 1 is 1.32 bits per heavy atom. The van der Waals surface area contributed by atoms with Crippen LogP contribution in [0.1, 0.15) is 45.1 Å². The fourth-order valence-corrected chi connectivity index (χ4v) is 5.51. The van der Waals surface area contributed by atoms with Crippen LogP contribution >= 0.6 is 0 Å². The molecule has 0 saturated carbocycles. The topological polar surface area (TPSA) is 131 Å². The van der Waals surface area contributed by atoms with Gasteiger partial charge in [0.2, 0.25) is 5.91 Å². The summed E-state index contributed by atoms with van der Waals surface area (Å²) in [4.78, 5) is 27.5. The van der Waals surface area contributed by atoms with Crippen LogP contribution in [0.4, 0.5) is 5.82 Å². The van der Waals surface area contributed by atoms with Crippen molar-refractivity contribution >= 4 is 22.9 Å². The molecule has 3 atom stereocenters. The average Bonchev–Trinajstić information content (AvgIpc) is 3.19. The number of nitrogens with one attached hydrogen (secondary N) is 1. The molecule has 31 heavy (non-hydrogen) atoms. The zero-order chi connectivity index (χ0) is 21.6. The van der Waals surface area contributed by atoms with E-state index < -0.39 is 11.2 Å². The molecule has 1 spiro atoms. The second kappa shape index (κ2) is 7.68. The van der Waals surface area contributed by atoms with E-state index in [2.05, 4.69) is 20.3 Å². The van der Waals surface area contributed by atoms with Gasteiger partial charge in [-0.25, -0.2) is 15.0 Å². The number of nitrogens with zero attached hydrogens (tertiary/aromatic N) is 5. The van der Waals surface area contributed by atoms with Crippen molar-refractivity contribution in [3.8, 4) is 0 Å². The summed E-state index contributed by atoms with van der Waals surface area (Å²) in [6.07, 6.45) is 7.05. The molecule has 0 radical (unpaired) electrons. The molecule has 1 amide bonds. The fourth-order valence-electron chi connectivity index (χ4n) is 5.51. The molecule has 2 aromatic rings. The number of carbonyl (C=O) groups is 1. The van der Waals surface area contributed by atoms with Gasteiger partial charge in [0.15, 0.2) is 11.5 Å². The van der Waals surface area contributed by atoms with Crippen molar-refractivity contribution in [3.05, 3.63) is 12.7 Å². The number of nitrogens with two attached hydrogens (primary N) is 1. The number of anilines is 1. The van der Waals surface area contributed by atoms with Crippen LogP contribution in [0, 0.1) is 5.92 Å². The summed E-state index contributed by atoms with van der Waals surface area (Å²) in [5, 5.41) is 14.8. The van der Waals surface area contributed by atoms with Crippen molar-refractivity contribution < 1.29 is 14.6 Å². The second-order valence-corrected chi connectivity index (χ2v) is 9.50. The molecule has 3 saturated heterocycles. The first-order chi connectivity index (χ1) is 14.9. The molecule has 5 heterocycles. The Kier molecular flexibility index (Phi) is 5.10. The Hall–Kier alpha value is -2.30. The van der Waals surface area contributed by atoms with E-state index in [1.807, 2.05) is 16.4 Å². The largest absolute Gasteiger partial charge is 0.388 e. The lowest BCUT2D eigenvalue weighted by molar-refractivity contribution is -0.197. The van der Waals surface area contributed by atoms with Crippen LogP contribution in [-0.4, -0.2) is 79.4 Å². The molecular formula is C21H31N7O3. The van der Waals surface area contributed by atoms with E-state index in [1.54, 1.807) is 6.33 Å². The highest BCUT2D eigenvalue weighted by molar-refractivity contribution is 5.81. The lowest BCUT2D eigenvalue weighted by Crippen LogP contribution is -2.58. The number of aliphatic hydroxyl groups is 1. The number of imidazole rings is 1. The van der Waals surface area contributed by atoms with Gasteiger partial charge in [0, 0.05) is 26.1 Å². The van der Waals surface area contributed by atoms with Crippen LogP contribution in [0.3, 0.4) is 0 Å². The van der Waals surface area contributed by atoms with Gasteiger partial charge in [-0.1, -0.05) is 0 Å². The molecule has 0 aromatic carbocycles. The molecule has 3 fully saturated rings. The lowest BCUT2D eigenvalue weighted by Gasteiger charge is -2.51. The van der Waals surface area contributed by atoms with E-state index in [1.165, 1.54) is 6.33 Å². The fraction of sp³-hybridized carbons (Fsp3) is 0.714. The molecule has 10 nitrogen and oxygen atoms in total. The number of likely N-dealkylation sites (tertiary alicyclic amines) is 1. The molecular weight excluding hydrogens is 398 g/mol. The summed E-state index contributed by atoms with van der Waals surface area (Å²) < 4.78 is 8.24. The zero-order valence-corrected chi connectivity index (χ0v) is 18.0. The third kappa shape index (κ3) is 3.66. The number of aromatic nitrogens is 4. The van der Waals surface area contributed by atoms with E-state index in [0.717, 1.165) is 38.8 Å². The Morgan fingerprint density at radius 2 is 2.13 bits per heavy atom. The molecule has 0 unspecified atom stereocenters. The molecule has 3 aliphatic heterocycles. The second-order valence-electron chi connectivity index (χ2n) is 9.50. The highest BCUT2D eigenvalue weighted by Gasteiger charge is 2.50. The van der Waals surface area contributed by atoms with Crippen molar-refractivity contribution in [2.24, 2.45) is 5.92 Å². The third-order valence-electron chi connectivity index (χ3n) is 7.30. The van der Waals surface area contributed by atoms with E-state index in [0.29, 0.717) is 43.1 Å². The monoisotopic (exact) mass is 429 g/mol. The minimum atomic E-state index is -1.01. The van der Waals surface area contributed by atoms with Gasteiger partial charge in [0.25, 0.3) is 0 Å². The van der Waals surface area contributed by atoms with Crippen molar-refractivity contribution in [2.75, 3.05) is 38.5 Å². The van der Waals surface area contributed by atoms with Gasteiger partial charge in [0.1, 0.15) is 11.8 Å². The molecule has 0 aliphatic carbocycles. The molecule has 3 aliphatic rings. The number of carbonyl (C=O) groups excluding carboxylic acids is 1. The SMILES string of the molecule is C[C@@]1(O)CC2(CCN(C(=O)[C@@H]3CCCNC3)CC2)OC[C@H]1n1cnc2c(N)ncnc21. The number of nitrogen functional groups attached to an aromatic ring is 1. The normalized spacial score (nSPS) is 31.2. The summed E-state index contributed by atoms with van der Waals surface area (Å²) >= 11 is 0. The van der Waals surface area contributed by atoms with Gasteiger partial charge in [-0.05, 0) is 39.2 Å². The van der Waals surface area contributed by atoms with Crippen LogP contribution in [0.25, 0.3) is 11.2 Å². The summed E-state index contributed by atoms with van der Waals surface area (Å²) in [6.45, 7) is 5.33. The maximum Gasteiger partial charge on any atom is 0.226 e. The van der Waals surface area contributed by atoms with Gasteiger partial charge < -0.3 is 30.4 Å². The smallest absolute Gasteiger partial charge is 0.226 e.